The van der Waals surface area contributed by atoms with Crippen LogP contribution >= 0.6 is 0 Å². The second-order valence-corrected chi connectivity index (χ2v) is 5.60. The number of carbonyl (C=O) groups is 1. The summed E-state index contributed by atoms with van der Waals surface area (Å²) in [5.74, 6) is -1.10. The fraction of sp³-hybridized carbons (Fsp3) is 0.500. The molecule has 2 aliphatic heterocycles. The first-order valence-electron chi connectivity index (χ1n) is 7.04. The van der Waals surface area contributed by atoms with Crippen LogP contribution in [0, 0.1) is 15.9 Å². The van der Waals surface area contributed by atoms with Gasteiger partial charge in [0.1, 0.15) is 11.4 Å². The molecule has 21 heavy (non-hydrogen) atoms. The average molecular weight is 293 g/mol. The lowest BCUT2D eigenvalue weighted by atomic mass is 10.1. The first-order valence-corrected chi connectivity index (χ1v) is 7.04. The number of nitrogens with one attached hydrogen (secondary N) is 1. The van der Waals surface area contributed by atoms with E-state index in [0.717, 1.165) is 37.5 Å². The van der Waals surface area contributed by atoms with Gasteiger partial charge in [-0.1, -0.05) is 0 Å². The number of nitro benzene ring substituents is 1. The second kappa shape index (κ2) is 5.40. The van der Waals surface area contributed by atoms with Gasteiger partial charge in [-0.2, -0.15) is 0 Å². The molecule has 2 heterocycles. The molecule has 0 saturated carbocycles. The van der Waals surface area contributed by atoms with Gasteiger partial charge in [0, 0.05) is 31.2 Å². The van der Waals surface area contributed by atoms with Crippen molar-refractivity contribution < 1.29 is 14.1 Å². The Bertz CT molecular complexity index is 593. The van der Waals surface area contributed by atoms with Crippen molar-refractivity contribution in [3.8, 4) is 0 Å². The van der Waals surface area contributed by atoms with Gasteiger partial charge in [0.2, 0.25) is 0 Å². The number of nitrogens with zero attached hydrogens (tertiary/aromatic N) is 2. The van der Waals surface area contributed by atoms with Crippen molar-refractivity contribution in [2.24, 2.45) is 0 Å². The van der Waals surface area contributed by atoms with Crippen LogP contribution in [-0.4, -0.2) is 40.9 Å². The molecule has 2 saturated heterocycles. The molecule has 2 aliphatic rings. The van der Waals surface area contributed by atoms with Crippen molar-refractivity contribution in [1.82, 2.24) is 10.2 Å². The van der Waals surface area contributed by atoms with Gasteiger partial charge in [-0.3, -0.25) is 14.9 Å². The van der Waals surface area contributed by atoms with Crippen LogP contribution < -0.4 is 5.32 Å². The molecule has 3 rings (SSSR count). The van der Waals surface area contributed by atoms with E-state index in [-0.39, 0.29) is 17.3 Å². The minimum atomic E-state index is -0.644. The summed E-state index contributed by atoms with van der Waals surface area (Å²) in [5, 5.41) is 14.5. The Morgan fingerprint density at radius 2 is 2.10 bits per heavy atom. The molecule has 2 fully saturated rings. The number of halogens is 1. The number of amides is 1. The highest BCUT2D eigenvalue weighted by Crippen LogP contribution is 2.25. The van der Waals surface area contributed by atoms with Crippen LogP contribution in [0.3, 0.4) is 0 Å². The Morgan fingerprint density at radius 3 is 2.86 bits per heavy atom. The number of nitro groups is 1. The monoisotopic (exact) mass is 293 g/mol. The van der Waals surface area contributed by atoms with Crippen molar-refractivity contribution >= 4 is 11.6 Å². The van der Waals surface area contributed by atoms with E-state index in [4.69, 9.17) is 0 Å². The first-order chi connectivity index (χ1) is 10.0. The number of rotatable bonds is 2. The number of hydrogen-bond donors (Lipinski definition) is 1. The average Bonchev–Trinajstić information content (AvgIpc) is 2.77. The minimum Gasteiger partial charge on any atom is -0.337 e. The molecule has 1 aromatic carbocycles. The van der Waals surface area contributed by atoms with Crippen molar-refractivity contribution in [1.29, 1.82) is 0 Å². The molecule has 1 amide bonds. The van der Waals surface area contributed by atoms with E-state index >= 15 is 0 Å². The van der Waals surface area contributed by atoms with E-state index in [1.807, 2.05) is 0 Å². The largest absolute Gasteiger partial charge is 0.337 e. The van der Waals surface area contributed by atoms with Gasteiger partial charge in [-0.15, -0.1) is 0 Å². The molecular weight excluding hydrogens is 277 g/mol. The summed E-state index contributed by atoms with van der Waals surface area (Å²) >= 11 is 0. The van der Waals surface area contributed by atoms with E-state index in [1.165, 1.54) is 0 Å². The van der Waals surface area contributed by atoms with Gasteiger partial charge in [-0.05, 0) is 31.4 Å². The lowest BCUT2D eigenvalue weighted by Crippen LogP contribution is -2.39. The summed E-state index contributed by atoms with van der Waals surface area (Å²) in [6.45, 7) is 1.06. The highest BCUT2D eigenvalue weighted by Gasteiger charge is 2.33. The topological polar surface area (TPSA) is 75.5 Å². The Kier molecular flexibility index (Phi) is 3.59. The molecule has 0 radical (unpaired) electrons. The van der Waals surface area contributed by atoms with Crippen LogP contribution in [0.2, 0.25) is 0 Å². The van der Waals surface area contributed by atoms with E-state index in [0.29, 0.717) is 19.1 Å². The van der Waals surface area contributed by atoms with Crippen LogP contribution in [0.4, 0.5) is 10.1 Å². The third-order valence-corrected chi connectivity index (χ3v) is 4.20. The van der Waals surface area contributed by atoms with Gasteiger partial charge >= 0.3 is 0 Å². The maximum Gasteiger partial charge on any atom is 0.282 e. The zero-order valence-electron chi connectivity index (χ0n) is 11.4. The summed E-state index contributed by atoms with van der Waals surface area (Å²) in [5.41, 5.74) is -0.512. The molecule has 1 N–H and O–H groups in total. The van der Waals surface area contributed by atoms with Crippen molar-refractivity contribution in [3.05, 3.63) is 39.7 Å². The van der Waals surface area contributed by atoms with Crippen LogP contribution in [-0.2, 0) is 0 Å². The zero-order valence-corrected chi connectivity index (χ0v) is 11.4. The normalized spacial score (nSPS) is 24.7. The number of likely N-dealkylation sites (tertiary alicyclic amines) is 1. The predicted octanol–water partition coefficient (Wildman–Crippen LogP) is 1.70. The molecule has 0 aliphatic carbocycles. The smallest absolute Gasteiger partial charge is 0.282 e. The number of carbonyl (C=O) groups excluding carboxylic acids is 1. The fourth-order valence-electron chi connectivity index (χ4n) is 3.14. The van der Waals surface area contributed by atoms with Gasteiger partial charge in [0.25, 0.3) is 11.6 Å². The van der Waals surface area contributed by atoms with Crippen molar-refractivity contribution in [3.63, 3.8) is 0 Å². The number of benzene rings is 1. The molecule has 2 bridgehead atoms. The highest BCUT2D eigenvalue weighted by atomic mass is 19.1. The number of hydrogen-bond acceptors (Lipinski definition) is 4. The summed E-state index contributed by atoms with van der Waals surface area (Å²) in [7, 11) is 0. The lowest BCUT2D eigenvalue weighted by Gasteiger charge is -2.24. The van der Waals surface area contributed by atoms with E-state index in [1.54, 1.807) is 4.90 Å². The predicted molar refractivity (Wildman–Crippen MR) is 73.5 cm³/mol. The Labute approximate surface area is 121 Å². The first kappa shape index (κ1) is 13.9. The molecular formula is C14H16FN3O3. The van der Waals surface area contributed by atoms with Gasteiger partial charge in [0.15, 0.2) is 0 Å². The maximum absolute atomic E-state index is 13.4. The van der Waals surface area contributed by atoms with Crippen molar-refractivity contribution in [2.75, 3.05) is 13.1 Å². The van der Waals surface area contributed by atoms with Gasteiger partial charge < -0.3 is 10.2 Å². The zero-order chi connectivity index (χ0) is 15.0. The maximum atomic E-state index is 13.4. The summed E-state index contributed by atoms with van der Waals surface area (Å²) in [6.07, 6.45) is 2.93. The number of fused-ring (bicyclic) bond motifs is 2. The van der Waals surface area contributed by atoms with E-state index in [9.17, 15) is 19.3 Å². The summed E-state index contributed by atoms with van der Waals surface area (Å²) in [6, 6.07) is 3.65. The molecule has 1 aromatic rings. The Hall–Kier alpha value is -2.02. The SMILES string of the molecule is O=C(c1cc(F)ccc1[N+](=O)[O-])N1CCC2CCC(C1)N2. The molecule has 6 nitrogen and oxygen atoms in total. The highest BCUT2D eigenvalue weighted by molar-refractivity contribution is 5.98. The molecule has 112 valence electrons. The lowest BCUT2D eigenvalue weighted by molar-refractivity contribution is -0.385. The Morgan fingerprint density at radius 1 is 1.33 bits per heavy atom. The second-order valence-electron chi connectivity index (χ2n) is 5.60. The molecule has 2 unspecified atom stereocenters. The third kappa shape index (κ3) is 2.73. The van der Waals surface area contributed by atoms with Crippen molar-refractivity contribution in [2.45, 2.75) is 31.3 Å². The summed E-state index contributed by atoms with van der Waals surface area (Å²) in [4.78, 5) is 24.5. The van der Waals surface area contributed by atoms with Crippen LogP contribution in [0.5, 0.6) is 0 Å². The third-order valence-electron chi connectivity index (χ3n) is 4.20. The van der Waals surface area contributed by atoms with Gasteiger partial charge in [-0.25, -0.2) is 4.39 Å². The Balaban J connectivity index is 1.87. The summed E-state index contributed by atoms with van der Waals surface area (Å²) < 4.78 is 13.4. The van der Waals surface area contributed by atoms with E-state index in [2.05, 4.69) is 5.32 Å². The molecule has 0 spiro atoms. The standard InChI is InChI=1S/C14H16FN3O3/c15-9-1-4-13(18(20)21)12(7-9)14(19)17-6-5-10-2-3-11(8-17)16-10/h1,4,7,10-11,16H,2-3,5-6,8H2. The van der Waals surface area contributed by atoms with E-state index < -0.39 is 16.6 Å². The molecule has 0 aromatic heterocycles. The molecule has 7 heteroatoms. The van der Waals surface area contributed by atoms with Crippen LogP contribution in [0.15, 0.2) is 18.2 Å². The molecule has 2 atom stereocenters. The van der Waals surface area contributed by atoms with Gasteiger partial charge in [0.05, 0.1) is 4.92 Å². The van der Waals surface area contributed by atoms with Crippen LogP contribution in [0.1, 0.15) is 29.6 Å². The van der Waals surface area contributed by atoms with Crippen LogP contribution in [0.25, 0.3) is 0 Å². The fourth-order valence-corrected chi connectivity index (χ4v) is 3.14. The quantitative estimate of drug-likeness (QED) is 0.665. The minimum absolute atomic E-state index is 0.169.